The van der Waals surface area contributed by atoms with Crippen LogP contribution >= 0.6 is 11.6 Å². The number of carbonyl (C=O) groups is 1. The largest absolute Gasteiger partial charge is 0.347 e. The van der Waals surface area contributed by atoms with Gasteiger partial charge in [0.1, 0.15) is 0 Å². The smallest absolute Gasteiger partial charge is 0.172 e. The van der Waals surface area contributed by atoms with Gasteiger partial charge in [-0.05, 0) is 11.6 Å². The molecule has 1 aliphatic rings. The van der Waals surface area contributed by atoms with Gasteiger partial charge >= 0.3 is 0 Å². The molecule has 1 heterocycles. The Balaban J connectivity index is 2.54. The van der Waals surface area contributed by atoms with Crippen LogP contribution in [0.5, 0.6) is 0 Å². The van der Waals surface area contributed by atoms with E-state index in [1.165, 1.54) is 5.56 Å². The molecule has 2 rings (SSSR count). The number of halogens is 1. The molecule has 0 spiro atoms. The number of alkyl halides is 1. The minimum atomic E-state index is -0.146. The van der Waals surface area contributed by atoms with E-state index in [9.17, 15) is 4.79 Å². The van der Waals surface area contributed by atoms with Crippen molar-refractivity contribution < 1.29 is 4.79 Å². The summed E-state index contributed by atoms with van der Waals surface area (Å²) >= 11 is 5.57. The predicted octanol–water partition coefficient (Wildman–Crippen LogP) is 3.11. The van der Waals surface area contributed by atoms with Crippen LogP contribution < -0.4 is 4.90 Å². The summed E-state index contributed by atoms with van der Waals surface area (Å²) in [5.74, 6) is -0.0153. The summed E-state index contributed by atoms with van der Waals surface area (Å²) in [4.78, 5) is 13.6. The molecule has 0 fully saturated rings. The molecule has 0 bridgehead atoms. The first kappa shape index (κ1) is 12.2. The van der Waals surface area contributed by atoms with Crippen LogP contribution in [0.15, 0.2) is 36.0 Å². The molecule has 0 unspecified atom stereocenters. The second kappa shape index (κ2) is 4.19. The molecule has 0 saturated heterocycles. The Morgan fingerprint density at radius 1 is 1.41 bits per heavy atom. The third kappa shape index (κ3) is 1.87. The van der Waals surface area contributed by atoms with E-state index in [1.54, 1.807) is 6.08 Å². The molecule has 0 radical (unpaired) electrons. The summed E-state index contributed by atoms with van der Waals surface area (Å²) in [7, 11) is 1.99. The molecule has 1 aromatic carbocycles. The Bertz CT molecular complexity index is 491. The quantitative estimate of drug-likeness (QED) is 0.593. The van der Waals surface area contributed by atoms with Gasteiger partial charge in [0.25, 0.3) is 0 Å². The molecule has 17 heavy (non-hydrogen) atoms. The number of anilines is 1. The summed E-state index contributed by atoms with van der Waals surface area (Å²) in [5, 5.41) is 0. The highest BCUT2D eigenvalue weighted by atomic mass is 35.5. The van der Waals surface area contributed by atoms with Gasteiger partial charge in [-0.3, -0.25) is 4.79 Å². The van der Waals surface area contributed by atoms with Gasteiger partial charge in [-0.2, -0.15) is 0 Å². The summed E-state index contributed by atoms with van der Waals surface area (Å²) in [6.07, 6.45) is 1.66. The number of benzene rings is 1. The van der Waals surface area contributed by atoms with Crippen molar-refractivity contribution in [1.82, 2.24) is 0 Å². The highest BCUT2D eigenvalue weighted by Gasteiger charge is 2.38. The number of nitrogens with zero attached hydrogens (tertiary/aromatic N) is 1. The maximum atomic E-state index is 11.5. The lowest BCUT2D eigenvalue weighted by atomic mass is 9.83. The topological polar surface area (TPSA) is 20.3 Å². The standard InChI is InChI=1S/C14H16ClNO/c1-14(2)11-6-4-5-7-12(11)16(3)13(14)8-10(17)9-15/h4-8H,9H2,1-3H3/b13-8+. The Morgan fingerprint density at radius 3 is 2.65 bits per heavy atom. The Labute approximate surface area is 107 Å². The number of fused-ring (bicyclic) bond motifs is 1. The molecule has 3 heteroatoms. The molecule has 1 aromatic rings. The highest BCUT2D eigenvalue weighted by Crippen LogP contribution is 2.46. The molecular formula is C14H16ClNO. The van der Waals surface area contributed by atoms with Crippen molar-refractivity contribution in [3.63, 3.8) is 0 Å². The third-order valence-corrected chi connectivity index (χ3v) is 3.63. The van der Waals surface area contributed by atoms with Crippen LogP contribution in [0.25, 0.3) is 0 Å². The first-order valence-corrected chi connectivity index (χ1v) is 6.16. The average Bonchev–Trinajstić information content (AvgIpc) is 2.51. The SMILES string of the molecule is CN1/C(=C/C(=O)CCl)C(C)(C)c2ccccc21. The van der Waals surface area contributed by atoms with Crippen LogP contribution in [0.1, 0.15) is 19.4 Å². The summed E-state index contributed by atoms with van der Waals surface area (Å²) in [5.41, 5.74) is 3.26. The lowest BCUT2D eigenvalue weighted by Crippen LogP contribution is -2.24. The van der Waals surface area contributed by atoms with Crippen LogP contribution in [0, 0.1) is 0 Å². The van der Waals surface area contributed by atoms with E-state index in [0.717, 1.165) is 11.4 Å². The van der Waals surface area contributed by atoms with Crippen molar-refractivity contribution in [2.24, 2.45) is 0 Å². The minimum absolute atomic E-state index is 0.0315. The zero-order chi connectivity index (χ0) is 12.6. The average molecular weight is 250 g/mol. The van der Waals surface area contributed by atoms with Crippen molar-refractivity contribution in [3.8, 4) is 0 Å². The highest BCUT2D eigenvalue weighted by molar-refractivity contribution is 6.29. The van der Waals surface area contributed by atoms with Crippen LogP contribution in [0.4, 0.5) is 5.69 Å². The Hall–Kier alpha value is -1.28. The third-order valence-electron chi connectivity index (χ3n) is 3.37. The number of rotatable bonds is 2. The monoisotopic (exact) mass is 249 g/mol. The summed E-state index contributed by atoms with van der Waals surface area (Å²) in [6.45, 7) is 4.26. The lowest BCUT2D eigenvalue weighted by Gasteiger charge is -2.23. The van der Waals surface area contributed by atoms with Crippen molar-refractivity contribution in [3.05, 3.63) is 41.6 Å². The molecule has 2 nitrogen and oxygen atoms in total. The second-order valence-electron chi connectivity index (χ2n) is 4.83. The van der Waals surface area contributed by atoms with Crippen LogP contribution in [-0.4, -0.2) is 18.7 Å². The first-order valence-electron chi connectivity index (χ1n) is 5.62. The normalized spacial score (nSPS) is 19.5. The van der Waals surface area contributed by atoms with E-state index in [4.69, 9.17) is 11.6 Å². The maximum absolute atomic E-state index is 11.5. The van der Waals surface area contributed by atoms with Crippen LogP contribution in [-0.2, 0) is 10.2 Å². The van der Waals surface area contributed by atoms with Crippen molar-refractivity contribution >= 4 is 23.1 Å². The maximum Gasteiger partial charge on any atom is 0.172 e. The number of carbonyl (C=O) groups excluding carboxylic acids is 1. The predicted molar refractivity (Wildman–Crippen MR) is 71.7 cm³/mol. The van der Waals surface area contributed by atoms with E-state index in [2.05, 4.69) is 30.9 Å². The molecule has 0 amide bonds. The van der Waals surface area contributed by atoms with E-state index < -0.39 is 0 Å². The second-order valence-corrected chi connectivity index (χ2v) is 5.10. The molecular weight excluding hydrogens is 234 g/mol. The van der Waals surface area contributed by atoms with Gasteiger partial charge < -0.3 is 4.90 Å². The first-order chi connectivity index (χ1) is 7.98. The minimum Gasteiger partial charge on any atom is -0.347 e. The van der Waals surface area contributed by atoms with E-state index in [-0.39, 0.29) is 17.1 Å². The molecule has 90 valence electrons. The number of para-hydroxylation sites is 1. The van der Waals surface area contributed by atoms with E-state index in [1.807, 2.05) is 19.2 Å². The Kier molecular flexibility index (Phi) is 3.00. The van der Waals surface area contributed by atoms with Gasteiger partial charge in [-0.1, -0.05) is 32.0 Å². The fourth-order valence-corrected chi connectivity index (χ4v) is 2.53. The van der Waals surface area contributed by atoms with E-state index in [0.29, 0.717) is 0 Å². The number of likely N-dealkylation sites (N-methyl/N-ethyl adjacent to an activating group) is 1. The Morgan fingerprint density at radius 2 is 2.06 bits per heavy atom. The fourth-order valence-electron chi connectivity index (χ4n) is 2.45. The van der Waals surface area contributed by atoms with Crippen molar-refractivity contribution in [2.45, 2.75) is 19.3 Å². The molecule has 0 N–H and O–H groups in total. The number of hydrogen-bond acceptors (Lipinski definition) is 2. The van der Waals surface area contributed by atoms with E-state index >= 15 is 0 Å². The number of hydrogen-bond donors (Lipinski definition) is 0. The van der Waals surface area contributed by atoms with Gasteiger partial charge in [0.2, 0.25) is 0 Å². The van der Waals surface area contributed by atoms with Crippen molar-refractivity contribution in [1.29, 1.82) is 0 Å². The molecule has 0 aliphatic carbocycles. The van der Waals surface area contributed by atoms with Crippen LogP contribution in [0.3, 0.4) is 0 Å². The van der Waals surface area contributed by atoms with Gasteiger partial charge in [0, 0.05) is 29.9 Å². The summed E-state index contributed by atoms with van der Waals surface area (Å²) in [6, 6.07) is 8.22. The van der Waals surface area contributed by atoms with Gasteiger partial charge in [-0.25, -0.2) is 0 Å². The number of ketones is 1. The van der Waals surface area contributed by atoms with Gasteiger partial charge in [-0.15, -0.1) is 11.6 Å². The zero-order valence-electron chi connectivity index (χ0n) is 10.3. The van der Waals surface area contributed by atoms with Gasteiger partial charge in [0.15, 0.2) is 5.78 Å². The van der Waals surface area contributed by atoms with Gasteiger partial charge in [0.05, 0.1) is 5.88 Å². The molecule has 1 aliphatic heterocycles. The van der Waals surface area contributed by atoms with Crippen LogP contribution in [0.2, 0.25) is 0 Å². The fraction of sp³-hybridized carbons (Fsp3) is 0.357. The number of allylic oxidation sites excluding steroid dienone is 2. The zero-order valence-corrected chi connectivity index (χ0v) is 11.1. The molecule has 0 aromatic heterocycles. The lowest BCUT2D eigenvalue weighted by molar-refractivity contribution is -0.112. The molecule has 0 atom stereocenters. The van der Waals surface area contributed by atoms with Crippen molar-refractivity contribution in [2.75, 3.05) is 17.8 Å². The summed E-state index contributed by atoms with van der Waals surface area (Å²) < 4.78 is 0. The molecule has 0 saturated carbocycles.